The number of hydrogen-bond acceptors (Lipinski definition) is 0. The average Bonchev–Trinajstić information content (AvgIpc) is 3.89. The van der Waals surface area contributed by atoms with Crippen molar-refractivity contribution in [1.29, 1.82) is 0 Å². The van der Waals surface area contributed by atoms with Crippen LogP contribution in [0.3, 0.4) is 0 Å². The number of aryl methyl sites for hydroxylation is 2. The van der Waals surface area contributed by atoms with Crippen LogP contribution >= 0.6 is 0 Å². The number of benzene rings is 7. The minimum atomic E-state index is -0.0231. The molecule has 266 valence electrons. The molecule has 0 saturated heterocycles. The third-order valence-corrected chi connectivity index (χ3v) is 12.8. The first-order chi connectivity index (χ1) is 26.6. The Kier molecular flexibility index (Phi) is 7.39. The largest absolute Gasteiger partial charge is 0.361 e. The van der Waals surface area contributed by atoms with Crippen LogP contribution in [0.5, 0.6) is 0 Å². The van der Waals surface area contributed by atoms with Gasteiger partial charge >= 0.3 is 0 Å². The molecule has 0 radical (unpaired) electrons. The Balaban J connectivity index is 0.962. The van der Waals surface area contributed by atoms with Crippen LogP contribution in [0.25, 0.3) is 78.0 Å². The maximum absolute atomic E-state index is 3.49. The van der Waals surface area contributed by atoms with E-state index in [0.29, 0.717) is 0 Å². The summed E-state index contributed by atoms with van der Waals surface area (Å²) in [7, 11) is 0. The number of H-pyrrole nitrogens is 1. The third kappa shape index (κ3) is 5.14. The van der Waals surface area contributed by atoms with Crippen LogP contribution in [0.2, 0.25) is 0 Å². The maximum atomic E-state index is 3.49. The van der Waals surface area contributed by atoms with Crippen molar-refractivity contribution >= 4 is 0 Å². The number of hydrogen-bond donors (Lipinski definition) is 1. The van der Waals surface area contributed by atoms with Crippen molar-refractivity contribution in [2.75, 3.05) is 0 Å². The molecule has 7 aromatic carbocycles. The fraction of sp³-hybridized carbons (Fsp3) is 0.148. The molecule has 0 atom stereocenters. The van der Waals surface area contributed by atoms with Gasteiger partial charge in [-0.25, -0.2) is 0 Å². The van der Waals surface area contributed by atoms with E-state index >= 15 is 0 Å². The standard InChI is InChI=1S/C54H45N/c1-33-11-9-14-47-51(33)44-27-25-40(31-48(44)54(47,5)6)36-20-22-38(23-21-36)42-26-24-39(30-45(42)50-15-10-28-55-50)35-16-18-37(19-17-35)41-29-34(2)52-43-12-7-8-13-46(43)53(3,4)49(52)32-41/h7-32,55H,1-6H3. The van der Waals surface area contributed by atoms with Crippen LogP contribution in [-0.2, 0) is 10.8 Å². The number of aromatic amines is 1. The Morgan fingerprint density at radius 1 is 0.345 bits per heavy atom. The third-order valence-electron chi connectivity index (χ3n) is 12.8. The first-order valence-corrected chi connectivity index (χ1v) is 19.6. The van der Waals surface area contributed by atoms with Gasteiger partial charge < -0.3 is 4.98 Å². The molecular formula is C54H45N. The molecule has 0 bridgehead atoms. The fourth-order valence-corrected chi connectivity index (χ4v) is 9.74. The summed E-state index contributed by atoms with van der Waals surface area (Å²) in [6, 6.07) is 56.8. The highest BCUT2D eigenvalue weighted by Gasteiger charge is 2.37. The molecule has 0 amide bonds. The Hall–Kier alpha value is -6.18. The van der Waals surface area contributed by atoms with Gasteiger partial charge in [0.1, 0.15) is 0 Å². The van der Waals surface area contributed by atoms with Crippen LogP contribution in [0.4, 0.5) is 0 Å². The number of aromatic nitrogens is 1. The zero-order valence-corrected chi connectivity index (χ0v) is 32.5. The molecule has 1 heteroatoms. The minimum absolute atomic E-state index is 0.0197. The predicted octanol–water partition coefficient (Wildman–Crippen LogP) is 14.6. The van der Waals surface area contributed by atoms with E-state index in [1.54, 1.807) is 0 Å². The molecule has 10 rings (SSSR count). The monoisotopic (exact) mass is 707 g/mol. The van der Waals surface area contributed by atoms with Gasteiger partial charge in [0.15, 0.2) is 0 Å². The molecule has 2 aliphatic rings. The highest BCUT2D eigenvalue weighted by atomic mass is 14.7. The molecule has 2 aliphatic carbocycles. The molecule has 0 saturated carbocycles. The number of rotatable bonds is 5. The van der Waals surface area contributed by atoms with Gasteiger partial charge in [-0.3, -0.25) is 0 Å². The Labute approximate surface area is 325 Å². The molecular weight excluding hydrogens is 663 g/mol. The van der Waals surface area contributed by atoms with Crippen molar-refractivity contribution in [1.82, 2.24) is 4.98 Å². The van der Waals surface area contributed by atoms with Crippen molar-refractivity contribution in [2.24, 2.45) is 0 Å². The lowest BCUT2D eigenvalue weighted by Gasteiger charge is -2.22. The van der Waals surface area contributed by atoms with E-state index < -0.39 is 0 Å². The van der Waals surface area contributed by atoms with Gasteiger partial charge in [-0.1, -0.05) is 149 Å². The summed E-state index contributed by atoms with van der Waals surface area (Å²) in [5.74, 6) is 0. The summed E-state index contributed by atoms with van der Waals surface area (Å²) in [4.78, 5) is 3.49. The summed E-state index contributed by atoms with van der Waals surface area (Å²) >= 11 is 0. The summed E-state index contributed by atoms with van der Waals surface area (Å²) in [6.07, 6.45) is 2.01. The second kappa shape index (κ2) is 12.2. The quantitative estimate of drug-likeness (QED) is 0.183. The highest BCUT2D eigenvalue weighted by molar-refractivity contribution is 5.90. The van der Waals surface area contributed by atoms with Crippen LogP contribution in [0.1, 0.15) is 61.1 Å². The van der Waals surface area contributed by atoms with Crippen molar-refractivity contribution in [3.63, 3.8) is 0 Å². The number of nitrogens with one attached hydrogen (secondary N) is 1. The van der Waals surface area contributed by atoms with Gasteiger partial charge in [0, 0.05) is 28.3 Å². The van der Waals surface area contributed by atoms with Gasteiger partial charge in [0.25, 0.3) is 0 Å². The predicted molar refractivity (Wildman–Crippen MR) is 233 cm³/mol. The van der Waals surface area contributed by atoms with Crippen LogP contribution in [0.15, 0.2) is 158 Å². The van der Waals surface area contributed by atoms with Gasteiger partial charge in [0.2, 0.25) is 0 Å². The Bertz CT molecular complexity index is 2790. The molecule has 1 nitrogen and oxygen atoms in total. The van der Waals surface area contributed by atoms with Gasteiger partial charge in [-0.05, 0) is 144 Å². The van der Waals surface area contributed by atoms with Crippen molar-refractivity contribution < 1.29 is 0 Å². The average molecular weight is 708 g/mol. The molecule has 0 spiro atoms. The molecule has 0 aliphatic heterocycles. The van der Waals surface area contributed by atoms with E-state index in [4.69, 9.17) is 0 Å². The molecule has 55 heavy (non-hydrogen) atoms. The topological polar surface area (TPSA) is 15.8 Å². The van der Waals surface area contributed by atoms with E-state index in [1.807, 2.05) is 6.20 Å². The molecule has 8 aromatic rings. The van der Waals surface area contributed by atoms with E-state index in [0.717, 1.165) is 5.69 Å². The van der Waals surface area contributed by atoms with Gasteiger partial charge in [-0.15, -0.1) is 0 Å². The first-order valence-electron chi connectivity index (χ1n) is 19.6. The number of fused-ring (bicyclic) bond motifs is 6. The van der Waals surface area contributed by atoms with Crippen LogP contribution < -0.4 is 0 Å². The molecule has 0 unspecified atom stereocenters. The summed E-state index contributed by atoms with van der Waals surface area (Å²) in [5.41, 5.74) is 26.1. The molecule has 1 aromatic heterocycles. The van der Waals surface area contributed by atoms with E-state index in [-0.39, 0.29) is 10.8 Å². The lowest BCUT2D eigenvalue weighted by molar-refractivity contribution is 0.660. The van der Waals surface area contributed by atoms with E-state index in [2.05, 4.69) is 198 Å². The lowest BCUT2D eigenvalue weighted by Crippen LogP contribution is -2.15. The summed E-state index contributed by atoms with van der Waals surface area (Å²) in [5, 5.41) is 0. The fourth-order valence-electron chi connectivity index (χ4n) is 9.74. The van der Waals surface area contributed by atoms with Gasteiger partial charge in [-0.2, -0.15) is 0 Å². The zero-order valence-electron chi connectivity index (χ0n) is 32.5. The smallest absolute Gasteiger partial charge is 0.0460 e. The summed E-state index contributed by atoms with van der Waals surface area (Å²) < 4.78 is 0. The normalized spacial score (nSPS) is 14.3. The lowest BCUT2D eigenvalue weighted by atomic mass is 9.81. The van der Waals surface area contributed by atoms with Gasteiger partial charge in [0.05, 0.1) is 0 Å². The van der Waals surface area contributed by atoms with E-state index in [1.165, 1.54) is 106 Å². The van der Waals surface area contributed by atoms with Crippen LogP contribution in [-0.4, -0.2) is 4.98 Å². The SMILES string of the molecule is Cc1cccc2c1-c1ccc(-c3ccc(-c4ccc(-c5ccc(-c6cc(C)c7c(c6)C(C)(C)c6ccccc6-7)cc5)cc4-c4ccc[nH]4)cc3)cc1C2(C)C. The van der Waals surface area contributed by atoms with Crippen molar-refractivity contribution in [2.45, 2.75) is 52.4 Å². The summed E-state index contributed by atoms with van der Waals surface area (Å²) in [6.45, 7) is 13.9. The molecule has 0 fully saturated rings. The second-order valence-corrected chi connectivity index (χ2v) is 16.8. The van der Waals surface area contributed by atoms with Crippen LogP contribution in [0, 0.1) is 13.8 Å². The minimum Gasteiger partial charge on any atom is -0.361 e. The molecule has 1 N–H and O–H groups in total. The molecule has 1 heterocycles. The Morgan fingerprint density at radius 3 is 1.60 bits per heavy atom. The van der Waals surface area contributed by atoms with E-state index in [9.17, 15) is 0 Å². The second-order valence-electron chi connectivity index (χ2n) is 16.8. The van der Waals surface area contributed by atoms with Crippen molar-refractivity contribution in [3.8, 4) is 78.0 Å². The van der Waals surface area contributed by atoms with Crippen molar-refractivity contribution in [3.05, 3.63) is 191 Å². The maximum Gasteiger partial charge on any atom is 0.0460 e. The Morgan fingerprint density at radius 2 is 0.891 bits per heavy atom. The highest BCUT2D eigenvalue weighted by Crippen LogP contribution is 2.52. The zero-order chi connectivity index (χ0) is 37.6. The first kappa shape index (κ1) is 33.4.